The molecule has 2 rings (SSSR count). The van der Waals surface area contributed by atoms with Crippen LogP contribution in [0.2, 0.25) is 0 Å². The van der Waals surface area contributed by atoms with Crippen molar-refractivity contribution in [3.05, 3.63) is 48.8 Å². The Hall–Kier alpha value is -1.04. The van der Waals surface area contributed by atoms with Crippen LogP contribution in [0.15, 0.2) is 36.0 Å². The molecule has 0 aliphatic heterocycles. The van der Waals surface area contributed by atoms with E-state index in [4.69, 9.17) is 0 Å². The molecule has 0 amide bonds. The molecular formula is C10H10. The Balaban J connectivity index is 2.26. The van der Waals surface area contributed by atoms with Crippen molar-refractivity contribution >= 4 is 0 Å². The average Bonchev–Trinajstić information content (AvgIpc) is 2.27. The minimum absolute atomic E-state index is 0.543. The summed E-state index contributed by atoms with van der Waals surface area (Å²) in [5, 5.41) is 0. The van der Waals surface area contributed by atoms with E-state index in [2.05, 4.69) is 37.6 Å². The van der Waals surface area contributed by atoms with Gasteiger partial charge in [-0.05, 0) is 17.6 Å². The first kappa shape index (κ1) is 5.72. The monoisotopic (exact) mass is 130 g/mol. The van der Waals surface area contributed by atoms with Crippen molar-refractivity contribution < 1.29 is 0 Å². The van der Waals surface area contributed by atoms with E-state index >= 15 is 0 Å². The van der Waals surface area contributed by atoms with Crippen LogP contribution < -0.4 is 0 Å². The number of hydrogen-bond acceptors (Lipinski definition) is 0. The van der Waals surface area contributed by atoms with Gasteiger partial charge in [-0.3, -0.25) is 0 Å². The molecule has 0 heterocycles. The summed E-state index contributed by atoms with van der Waals surface area (Å²) in [7, 11) is 0. The Morgan fingerprint density at radius 2 is 2.60 bits per heavy atom. The second kappa shape index (κ2) is 1.98. The number of fused-ring (bicyclic) bond motifs is 1. The van der Waals surface area contributed by atoms with E-state index in [1.54, 1.807) is 0 Å². The SMILES string of the molecule is C=C1[CH+]C2C=CCC=C2[CH-]1. The molecule has 2 aliphatic carbocycles. The van der Waals surface area contributed by atoms with Gasteiger partial charge in [0.25, 0.3) is 0 Å². The summed E-state index contributed by atoms with van der Waals surface area (Å²) in [5.41, 5.74) is 2.58. The number of allylic oxidation sites excluding steroid dienone is 5. The normalized spacial score (nSPS) is 28.6. The molecule has 1 saturated carbocycles. The van der Waals surface area contributed by atoms with Gasteiger partial charge in [0.05, 0.1) is 0 Å². The molecule has 1 atom stereocenters. The second-order valence-electron chi connectivity index (χ2n) is 2.78. The van der Waals surface area contributed by atoms with Crippen LogP contribution in [0.3, 0.4) is 0 Å². The molecule has 0 saturated heterocycles. The van der Waals surface area contributed by atoms with Crippen molar-refractivity contribution in [3.63, 3.8) is 0 Å². The third-order valence-electron chi connectivity index (χ3n) is 1.96. The van der Waals surface area contributed by atoms with Crippen LogP contribution in [-0.4, -0.2) is 0 Å². The summed E-state index contributed by atoms with van der Waals surface area (Å²) in [6.07, 6.45) is 12.2. The third kappa shape index (κ3) is 0.766. The van der Waals surface area contributed by atoms with Gasteiger partial charge in [-0.2, -0.15) is 0 Å². The maximum atomic E-state index is 3.89. The molecule has 0 radical (unpaired) electrons. The van der Waals surface area contributed by atoms with Gasteiger partial charge in [-0.15, -0.1) is 0 Å². The fourth-order valence-electron chi connectivity index (χ4n) is 1.48. The van der Waals surface area contributed by atoms with Gasteiger partial charge in [0.2, 0.25) is 0 Å². The predicted molar refractivity (Wildman–Crippen MR) is 43.1 cm³/mol. The minimum atomic E-state index is 0.543. The van der Waals surface area contributed by atoms with Gasteiger partial charge >= 0.3 is 0 Å². The van der Waals surface area contributed by atoms with Crippen LogP contribution in [0.25, 0.3) is 0 Å². The predicted octanol–water partition coefficient (Wildman–Crippen LogP) is 2.47. The molecule has 0 bridgehead atoms. The Morgan fingerprint density at radius 3 is 3.40 bits per heavy atom. The van der Waals surface area contributed by atoms with E-state index in [1.807, 2.05) is 0 Å². The zero-order chi connectivity index (χ0) is 6.97. The highest BCUT2D eigenvalue weighted by atomic mass is 14.3. The third-order valence-corrected chi connectivity index (χ3v) is 1.96. The van der Waals surface area contributed by atoms with Gasteiger partial charge in [-0.1, -0.05) is 37.6 Å². The van der Waals surface area contributed by atoms with Crippen LogP contribution in [0, 0.1) is 18.8 Å². The topological polar surface area (TPSA) is 0 Å². The quantitative estimate of drug-likeness (QED) is 0.349. The molecule has 50 valence electrons. The molecule has 1 fully saturated rings. The fourth-order valence-corrected chi connectivity index (χ4v) is 1.48. The van der Waals surface area contributed by atoms with Crippen molar-refractivity contribution in [2.75, 3.05) is 0 Å². The van der Waals surface area contributed by atoms with Crippen LogP contribution in [0.5, 0.6) is 0 Å². The van der Waals surface area contributed by atoms with Crippen LogP contribution in [0.4, 0.5) is 0 Å². The molecular weight excluding hydrogens is 120 g/mol. The molecule has 0 aromatic carbocycles. The molecule has 0 nitrogen and oxygen atoms in total. The lowest BCUT2D eigenvalue weighted by Gasteiger charge is -2.08. The molecule has 0 aromatic heterocycles. The lowest BCUT2D eigenvalue weighted by Crippen LogP contribution is -1.95. The summed E-state index contributed by atoms with van der Waals surface area (Å²) >= 11 is 0. The zero-order valence-electron chi connectivity index (χ0n) is 5.88. The lowest BCUT2D eigenvalue weighted by atomic mass is 9.97. The van der Waals surface area contributed by atoms with Gasteiger partial charge in [-0.25, -0.2) is 0 Å². The lowest BCUT2D eigenvalue weighted by molar-refractivity contribution is 0.944. The molecule has 0 N–H and O–H groups in total. The summed E-state index contributed by atoms with van der Waals surface area (Å²) < 4.78 is 0. The number of rotatable bonds is 0. The molecule has 0 aromatic rings. The minimum Gasteiger partial charge on any atom is -0.0920 e. The van der Waals surface area contributed by atoms with Crippen molar-refractivity contribution in [2.45, 2.75) is 6.42 Å². The Morgan fingerprint density at radius 1 is 1.70 bits per heavy atom. The molecule has 1 unspecified atom stereocenters. The van der Waals surface area contributed by atoms with Crippen molar-refractivity contribution in [3.8, 4) is 0 Å². The van der Waals surface area contributed by atoms with Crippen molar-refractivity contribution in [1.29, 1.82) is 0 Å². The van der Waals surface area contributed by atoms with Crippen LogP contribution in [-0.2, 0) is 0 Å². The fraction of sp³-hybridized carbons (Fsp3) is 0.200. The van der Waals surface area contributed by atoms with E-state index in [1.165, 1.54) is 5.57 Å². The van der Waals surface area contributed by atoms with Gasteiger partial charge in [0.1, 0.15) is 0 Å². The van der Waals surface area contributed by atoms with Gasteiger partial charge < -0.3 is 0 Å². The van der Waals surface area contributed by atoms with E-state index < -0.39 is 0 Å². The van der Waals surface area contributed by atoms with Crippen LogP contribution in [0.1, 0.15) is 6.42 Å². The van der Waals surface area contributed by atoms with Gasteiger partial charge in [0, 0.05) is 5.92 Å². The van der Waals surface area contributed by atoms with Crippen molar-refractivity contribution in [1.82, 2.24) is 0 Å². The highest BCUT2D eigenvalue weighted by Crippen LogP contribution is 2.35. The Labute approximate surface area is 61.9 Å². The summed E-state index contributed by atoms with van der Waals surface area (Å²) in [6, 6.07) is 0. The van der Waals surface area contributed by atoms with E-state index in [0.29, 0.717) is 5.92 Å². The largest absolute Gasteiger partial charge is 0.0920 e. The first-order valence-electron chi connectivity index (χ1n) is 3.61. The van der Waals surface area contributed by atoms with E-state index in [0.717, 1.165) is 12.0 Å². The highest BCUT2D eigenvalue weighted by molar-refractivity contribution is 5.48. The molecule has 10 heavy (non-hydrogen) atoms. The Bertz CT molecular complexity index is 218. The molecule has 0 spiro atoms. The maximum absolute atomic E-state index is 3.89. The Kier molecular flexibility index (Phi) is 1.13. The number of hydrogen-bond donors (Lipinski definition) is 0. The first-order valence-corrected chi connectivity index (χ1v) is 3.61. The van der Waals surface area contributed by atoms with Crippen molar-refractivity contribution in [2.24, 2.45) is 5.92 Å². The summed E-state index contributed by atoms with van der Waals surface area (Å²) in [6.45, 7) is 3.89. The highest BCUT2D eigenvalue weighted by Gasteiger charge is 2.21. The summed E-state index contributed by atoms with van der Waals surface area (Å²) in [5.74, 6) is 0.543. The summed E-state index contributed by atoms with van der Waals surface area (Å²) in [4.78, 5) is 0. The van der Waals surface area contributed by atoms with E-state index in [9.17, 15) is 0 Å². The standard InChI is InChI=1S/C10H10/c1-8-6-9-4-2-3-5-10(9)7-8/h2,4-7,9H,1,3H2. The van der Waals surface area contributed by atoms with E-state index in [-0.39, 0.29) is 0 Å². The van der Waals surface area contributed by atoms with Crippen LogP contribution >= 0.6 is 0 Å². The smallest absolute Gasteiger partial charge is 0.0204 e. The molecule has 0 heteroatoms. The molecule has 2 aliphatic rings. The zero-order valence-corrected chi connectivity index (χ0v) is 5.88. The first-order chi connectivity index (χ1) is 4.86. The second-order valence-corrected chi connectivity index (χ2v) is 2.78. The van der Waals surface area contributed by atoms with Gasteiger partial charge in [0.15, 0.2) is 0 Å². The average molecular weight is 130 g/mol. The maximum Gasteiger partial charge on any atom is 0.0204 e.